The third-order valence-corrected chi connectivity index (χ3v) is 0.474. The second-order valence-corrected chi connectivity index (χ2v) is 1.05. The fraction of sp³-hybridized carbons (Fsp3) is 0. The van der Waals surface area contributed by atoms with Gasteiger partial charge in [-0.1, -0.05) is 0 Å². The van der Waals surface area contributed by atoms with E-state index < -0.39 is 5.96 Å². The van der Waals surface area contributed by atoms with E-state index in [1.54, 1.807) is 0 Å². The fourth-order valence-corrected chi connectivity index (χ4v) is 0.217. The molecule has 0 spiro atoms. The molecule has 7 heteroatoms. The van der Waals surface area contributed by atoms with Crippen LogP contribution in [0.5, 0.6) is 0 Å². The number of carbonyl (C=O) groups excluding carboxylic acids is 2. The molecule has 0 atom stereocenters. The number of nitrogens with one attached hydrogen (secondary N) is 1. The van der Waals surface area contributed by atoms with Gasteiger partial charge in [-0.3, -0.25) is 15.0 Å². The average Bonchev–Trinajstić information content (AvgIpc) is 1.87. The van der Waals surface area contributed by atoms with Crippen molar-refractivity contribution in [2.45, 2.75) is 0 Å². The van der Waals surface area contributed by atoms with Crippen molar-refractivity contribution >= 4 is 18.9 Å². The van der Waals surface area contributed by atoms with Gasteiger partial charge in [0, 0.05) is 5.23 Å². The molecule has 0 unspecified atom stereocenters. The molecule has 0 amide bonds. The Morgan fingerprint density at radius 3 is 2.00 bits per heavy atom. The van der Waals surface area contributed by atoms with Crippen LogP contribution in [0.3, 0.4) is 0 Å². The molecule has 0 saturated carbocycles. The predicted molar refractivity (Wildman–Crippen MR) is 28.1 cm³/mol. The lowest BCUT2D eigenvalue weighted by atomic mass is 11.1. The number of rotatable bonds is 4. The van der Waals surface area contributed by atoms with Gasteiger partial charge < -0.3 is 15.4 Å². The molecule has 0 aliphatic heterocycles. The van der Waals surface area contributed by atoms with Crippen molar-refractivity contribution < 1.29 is 19.3 Å². The zero-order valence-electron chi connectivity index (χ0n) is 4.81. The Bertz CT molecular complexity index is 137. The lowest BCUT2D eigenvalue weighted by molar-refractivity contribution is -0.266. The van der Waals surface area contributed by atoms with Crippen LogP contribution in [0.4, 0.5) is 0 Å². The van der Waals surface area contributed by atoms with Crippen molar-refractivity contribution in [3.05, 3.63) is 0 Å². The number of hydroxylamine groups is 2. The van der Waals surface area contributed by atoms with Crippen molar-refractivity contribution in [2.75, 3.05) is 0 Å². The number of guanidine groups is 1. The highest BCUT2D eigenvalue weighted by Gasteiger charge is 2.06. The summed E-state index contributed by atoms with van der Waals surface area (Å²) < 4.78 is 0. The Balaban J connectivity index is 3.83. The SMILES string of the molecule is N=C(N)N(OC=O)OC=O. The highest BCUT2D eigenvalue weighted by atomic mass is 17.0. The predicted octanol–water partition coefficient (Wildman–Crippen LogP) is -1.64. The van der Waals surface area contributed by atoms with Gasteiger partial charge in [0.15, 0.2) is 0 Å². The zero-order valence-corrected chi connectivity index (χ0v) is 4.81. The summed E-state index contributed by atoms with van der Waals surface area (Å²) in [6, 6.07) is 0. The fourth-order valence-electron chi connectivity index (χ4n) is 0.217. The molecule has 0 saturated heterocycles. The zero-order chi connectivity index (χ0) is 7.98. The summed E-state index contributed by atoms with van der Waals surface area (Å²) in [5.74, 6) is -0.709. The number of hydrogen-bond acceptors (Lipinski definition) is 5. The van der Waals surface area contributed by atoms with Crippen LogP contribution < -0.4 is 5.73 Å². The summed E-state index contributed by atoms with van der Waals surface area (Å²) in [6.07, 6.45) is 0. The molecule has 0 bridgehead atoms. The molecule has 7 nitrogen and oxygen atoms in total. The van der Waals surface area contributed by atoms with Gasteiger partial charge in [0.05, 0.1) is 0 Å². The average molecular weight is 147 g/mol. The highest BCUT2D eigenvalue weighted by Crippen LogP contribution is 1.84. The summed E-state index contributed by atoms with van der Waals surface area (Å²) >= 11 is 0. The summed E-state index contributed by atoms with van der Waals surface area (Å²) in [6.45, 7) is -0.0736. The van der Waals surface area contributed by atoms with Crippen molar-refractivity contribution in [2.24, 2.45) is 5.73 Å². The first-order chi connectivity index (χ1) is 4.72. The minimum absolute atomic E-state index is 0.0368. The van der Waals surface area contributed by atoms with Crippen molar-refractivity contribution in [1.82, 2.24) is 5.23 Å². The first-order valence-electron chi connectivity index (χ1n) is 2.07. The van der Waals surface area contributed by atoms with Crippen molar-refractivity contribution in [1.29, 1.82) is 5.41 Å². The van der Waals surface area contributed by atoms with Gasteiger partial charge in [0.2, 0.25) is 0 Å². The summed E-state index contributed by atoms with van der Waals surface area (Å²) in [7, 11) is 0. The lowest BCUT2D eigenvalue weighted by Crippen LogP contribution is -2.35. The van der Waals surface area contributed by atoms with Crippen molar-refractivity contribution in [3.8, 4) is 0 Å². The molecule has 0 fully saturated rings. The molecule has 3 N–H and O–H groups in total. The Kier molecular flexibility index (Phi) is 3.39. The van der Waals surface area contributed by atoms with Gasteiger partial charge in [-0.15, -0.1) is 0 Å². The molecular weight excluding hydrogens is 142 g/mol. The van der Waals surface area contributed by atoms with E-state index in [4.69, 9.17) is 11.1 Å². The molecule has 0 heterocycles. The van der Waals surface area contributed by atoms with E-state index in [0.717, 1.165) is 0 Å². The minimum Gasteiger partial charge on any atom is -0.365 e. The van der Waals surface area contributed by atoms with Gasteiger partial charge in [0.1, 0.15) is 0 Å². The van der Waals surface area contributed by atoms with Gasteiger partial charge in [-0.25, -0.2) is 0 Å². The van der Waals surface area contributed by atoms with E-state index in [0.29, 0.717) is 0 Å². The maximum absolute atomic E-state index is 9.58. The van der Waals surface area contributed by atoms with Crippen LogP contribution in [0.25, 0.3) is 0 Å². The molecule has 0 aliphatic carbocycles. The van der Waals surface area contributed by atoms with E-state index in [9.17, 15) is 9.59 Å². The topological polar surface area (TPSA) is 106 Å². The molecular formula is C3H5N3O4. The normalized spacial score (nSPS) is 7.60. The quantitative estimate of drug-likeness (QED) is 0.214. The Hall–Kier alpha value is -1.79. The van der Waals surface area contributed by atoms with Crippen molar-refractivity contribution in [3.63, 3.8) is 0 Å². The van der Waals surface area contributed by atoms with Crippen LogP contribution in [-0.2, 0) is 19.3 Å². The number of carbonyl (C=O) groups is 2. The smallest absolute Gasteiger partial charge is 0.325 e. The number of nitrogens with zero attached hydrogens (tertiary/aromatic N) is 1. The monoisotopic (exact) mass is 147 g/mol. The molecule has 0 aromatic rings. The summed E-state index contributed by atoms with van der Waals surface area (Å²) in [4.78, 5) is 27.0. The van der Waals surface area contributed by atoms with Gasteiger partial charge in [-0.2, -0.15) is 0 Å². The van der Waals surface area contributed by atoms with Gasteiger partial charge >= 0.3 is 12.9 Å². The van der Waals surface area contributed by atoms with E-state index >= 15 is 0 Å². The lowest BCUT2D eigenvalue weighted by Gasteiger charge is -2.12. The molecule has 10 heavy (non-hydrogen) atoms. The van der Waals surface area contributed by atoms with E-state index in [1.165, 1.54) is 0 Å². The molecule has 0 aromatic heterocycles. The van der Waals surface area contributed by atoms with Gasteiger partial charge in [-0.05, 0) is 0 Å². The molecule has 0 rings (SSSR count). The van der Waals surface area contributed by atoms with Crippen LogP contribution in [0.1, 0.15) is 0 Å². The van der Waals surface area contributed by atoms with Crippen LogP contribution >= 0.6 is 0 Å². The van der Waals surface area contributed by atoms with Crippen LogP contribution in [-0.4, -0.2) is 24.1 Å². The molecule has 0 aromatic carbocycles. The number of nitrogens with two attached hydrogens (primary N) is 1. The van der Waals surface area contributed by atoms with E-state index in [1.807, 2.05) is 0 Å². The van der Waals surface area contributed by atoms with Crippen LogP contribution in [0.15, 0.2) is 0 Å². The third-order valence-electron chi connectivity index (χ3n) is 0.474. The largest absolute Gasteiger partial charge is 0.365 e. The molecule has 56 valence electrons. The molecule has 0 aliphatic rings. The molecule has 0 radical (unpaired) electrons. The second kappa shape index (κ2) is 4.13. The first-order valence-corrected chi connectivity index (χ1v) is 2.07. The first kappa shape index (κ1) is 8.21. The second-order valence-electron chi connectivity index (χ2n) is 1.05. The maximum atomic E-state index is 9.58. The number of hydrogen-bond donors (Lipinski definition) is 2. The third kappa shape index (κ3) is 2.50. The van der Waals surface area contributed by atoms with Crippen LogP contribution in [0, 0.1) is 5.41 Å². The van der Waals surface area contributed by atoms with Gasteiger partial charge in [0.25, 0.3) is 5.96 Å². The minimum atomic E-state index is -0.709. The summed E-state index contributed by atoms with van der Waals surface area (Å²) in [5.41, 5.74) is 4.75. The Morgan fingerprint density at radius 2 is 1.80 bits per heavy atom. The van der Waals surface area contributed by atoms with E-state index in [2.05, 4.69) is 9.68 Å². The summed E-state index contributed by atoms with van der Waals surface area (Å²) in [5, 5.41) is 6.75. The highest BCUT2D eigenvalue weighted by molar-refractivity contribution is 5.73. The maximum Gasteiger partial charge on any atom is 0.325 e. The Labute approximate surface area is 55.7 Å². The Morgan fingerprint density at radius 1 is 1.40 bits per heavy atom. The van der Waals surface area contributed by atoms with E-state index in [-0.39, 0.29) is 18.2 Å². The van der Waals surface area contributed by atoms with Crippen LogP contribution in [0.2, 0.25) is 0 Å². The standard InChI is InChI=1S/C3H5N3O4/c4-3(5)6(9-1-7)10-2-8/h1-2H,(H3,4,5).